The lowest BCUT2D eigenvalue weighted by molar-refractivity contribution is -0.137. The van der Waals surface area contributed by atoms with Gasteiger partial charge >= 0.3 is 11.8 Å². The van der Waals surface area contributed by atoms with Crippen LogP contribution in [-0.4, -0.2) is 28.9 Å². The smallest absolute Gasteiger partial charge is 0.313 e. The highest BCUT2D eigenvalue weighted by molar-refractivity contribution is 6.39. The third-order valence-corrected chi connectivity index (χ3v) is 4.90. The van der Waals surface area contributed by atoms with Crippen molar-refractivity contribution in [2.75, 3.05) is 5.32 Å². The van der Waals surface area contributed by atoms with Gasteiger partial charge in [0.05, 0.1) is 0 Å². The van der Waals surface area contributed by atoms with Gasteiger partial charge in [0.15, 0.2) is 0 Å². The van der Waals surface area contributed by atoms with Gasteiger partial charge in [0.1, 0.15) is 0 Å². The minimum atomic E-state index is -0.602. The Bertz CT molecular complexity index is 676. The maximum atomic E-state index is 12.5. The highest BCUT2D eigenvalue weighted by atomic mass is 16.2. The molecule has 0 unspecified atom stereocenters. The number of aryl methyl sites for hydroxylation is 1. The van der Waals surface area contributed by atoms with Crippen LogP contribution in [0.2, 0.25) is 0 Å². The zero-order valence-corrected chi connectivity index (χ0v) is 17.1. The number of anilines is 1. The van der Waals surface area contributed by atoms with Gasteiger partial charge in [-0.3, -0.25) is 9.59 Å². The van der Waals surface area contributed by atoms with E-state index in [0.29, 0.717) is 0 Å². The van der Waals surface area contributed by atoms with Crippen LogP contribution in [0.4, 0.5) is 5.69 Å². The number of para-hydroxylation sites is 1. The number of piperidine rings is 1. The molecule has 0 aromatic heterocycles. The zero-order chi connectivity index (χ0) is 19.7. The number of carbonyl (C=O) groups excluding carboxylic acids is 2. The Hall–Kier alpha value is -1.88. The van der Waals surface area contributed by atoms with Crippen molar-refractivity contribution >= 4 is 17.5 Å². The van der Waals surface area contributed by atoms with Gasteiger partial charge in [0.25, 0.3) is 0 Å². The Morgan fingerprint density at radius 1 is 1.08 bits per heavy atom. The predicted octanol–water partition coefficient (Wildman–Crippen LogP) is 3.48. The van der Waals surface area contributed by atoms with Crippen LogP contribution in [0.1, 0.15) is 71.4 Å². The number of amides is 2. The van der Waals surface area contributed by atoms with Gasteiger partial charge < -0.3 is 16.0 Å². The third kappa shape index (κ3) is 5.07. The molecule has 0 atom stereocenters. The first-order chi connectivity index (χ1) is 11.9. The Kier molecular flexibility index (Phi) is 5.81. The van der Waals surface area contributed by atoms with Crippen LogP contribution in [-0.2, 0) is 9.59 Å². The van der Waals surface area contributed by atoms with E-state index in [1.165, 1.54) is 0 Å². The first-order valence-electron chi connectivity index (χ1n) is 9.41. The maximum absolute atomic E-state index is 12.5. The normalized spacial score (nSPS) is 19.2. The second kappa shape index (κ2) is 7.39. The summed E-state index contributed by atoms with van der Waals surface area (Å²) < 4.78 is 0. The highest BCUT2D eigenvalue weighted by Crippen LogP contribution is 2.29. The molecule has 1 saturated heterocycles. The highest BCUT2D eigenvalue weighted by Gasteiger charge is 2.38. The molecule has 2 amide bonds. The molecule has 1 heterocycles. The molecule has 1 aromatic carbocycles. The Morgan fingerprint density at radius 2 is 1.65 bits per heavy atom. The zero-order valence-electron chi connectivity index (χ0n) is 17.1. The molecule has 0 radical (unpaired) electrons. The van der Waals surface area contributed by atoms with Crippen molar-refractivity contribution in [3.05, 3.63) is 29.3 Å². The number of carbonyl (C=O) groups is 2. The van der Waals surface area contributed by atoms with Crippen LogP contribution in [0.25, 0.3) is 0 Å². The summed E-state index contributed by atoms with van der Waals surface area (Å²) in [6, 6.07) is 5.88. The minimum absolute atomic E-state index is 0.0269. The lowest BCUT2D eigenvalue weighted by atomic mass is 9.79. The van der Waals surface area contributed by atoms with E-state index in [9.17, 15) is 9.59 Å². The molecule has 0 aliphatic carbocycles. The molecule has 26 heavy (non-hydrogen) atoms. The quantitative estimate of drug-likeness (QED) is 0.724. The molecule has 0 saturated carbocycles. The first kappa shape index (κ1) is 20.4. The van der Waals surface area contributed by atoms with E-state index in [2.05, 4.69) is 57.5 Å². The molecular formula is C21H33N3O2. The van der Waals surface area contributed by atoms with Crippen LogP contribution in [0, 0.1) is 6.92 Å². The van der Waals surface area contributed by atoms with Crippen molar-refractivity contribution in [3.8, 4) is 0 Å². The Balaban J connectivity index is 2.08. The topological polar surface area (TPSA) is 70.2 Å². The summed E-state index contributed by atoms with van der Waals surface area (Å²) in [6.45, 7) is 14.6. The van der Waals surface area contributed by atoms with Gasteiger partial charge in [-0.15, -0.1) is 0 Å². The molecule has 1 aromatic rings. The number of hydrogen-bond acceptors (Lipinski definition) is 3. The summed E-state index contributed by atoms with van der Waals surface area (Å²) in [4.78, 5) is 25.0. The maximum Gasteiger partial charge on any atom is 0.313 e. The molecule has 2 rings (SSSR count). The average molecular weight is 360 g/mol. The summed E-state index contributed by atoms with van der Waals surface area (Å²) in [5.74, 6) is -0.906. The van der Waals surface area contributed by atoms with Crippen LogP contribution in [0.15, 0.2) is 18.2 Å². The molecule has 3 N–H and O–H groups in total. The first-order valence-corrected chi connectivity index (χ1v) is 9.41. The van der Waals surface area contributed by atoms with Crippen LogP contribution in [0.5, 0.6) is 0 Å². The van der Waals surface area contributed by atoms with Crippen LogP contribution >= 0.6 is 0 Å². The molecule has 1 fully saturated rings. The van der Waals surface area contributed by atoms with Crippen LogP contribution in [0.3, 0.4) is 0 Å². The van der Waals surface area contributed by atoms with E-state index in [4.69, 9.17) is 0 Å². The Labute approximate surface area is 157 Å². The largest absolute Gasteiger partial charge is 0.345 e. The summed E-state index contributed by atoms with van der Waals surface area (Å²) in [7, 11) is 0. The van der Waals surface area contributed by atoms with E-state index in [1.807, 2.05) is 25.1 Å². The van der Waals surface area contributed by atoms with Gasteiger partial charge in [-0.1, -0.05) is 32.0 Å². The third-order valence-electron chi connectivity index (χ3n) is 4.90. The molecule has 1 aliphatic rings. The number of rotatable bonds is 3. The fourth-order valence-corrected chi connectivity index (χ4v) is 4.19. The van der Waals surface area contributed by atoms with E-state index < -0.39 is 11.8 Å². The van der Waals surface area contributed by atoms with Crippen molar-refractivity contribution < 1.29 is 9.59 Å². The molecule has 1 aliphatic heterocycles. The van der Waals surface area contributed by atoms with Gasteiger partial charge in [-0.2, -0.15) is 0 Å². The second-order valence-electron chi connectivity index (χ2n) is 9.12. The molecule has 5 nitrogen and oxygen atoms in total. The van der Waals surface area contributed by atoms with E-state index in [1.54, 1.807) is 0 Å². The fraction of sp³-hybridized carbons (Fsp3) is 0.619. The van der Waals surface area contributed by atoms with Crippen LogP contribution < -0.4 is 16.0 Å². The summed E-state index contributed by atoms with van der Waals surface area (Å²) in [5, 5.41) is 9.33. The molecule has 0 spiro atoms. The minimum Gasteiger partial charge on any atom is -0.345 e. The predicted molar refractivity (Wildman–Crippen MR) is 106 cm³/mol. The van der Waals surface area contributed by atoms with Crippen molar-refractivity contribution in [2.45, 2.75) is 84.3 Å². The second-order valence-corrected chi connectivity index (χ2v) is 9.12. The van der Waals surface area contributed by atoms with Gasteiger partial charge in [-0.05, 0) is 64.5 Å². The number of hydrogen-bond donors (Lipinski definition) is 3. The number of benzene rings is 1. The van der Waals surface area contributed by atoms with Crippen molar-refractivity contribution in [2.24, 2.45) is 0 Å². The Morgan fingerprint density at radius 3 is 2.19 bits per heavy atom. The van der Waals surface area contributed by atoms with E-state index in [0.717, 1.165) is 29.7 Å². The van der Waals surface area contributed by atoms with Gasteiger partial charge in [-0.25, -0.2) is 0 Å². The van der Waals surface area contributed by atoms with E-state index >= 15 is 0 Å². The summed E-state index contributed by atoms with van der Waals surface area (Å²) in [5.41, 5.74) is 2.57. The fourth-order valence-electron chi connectivity index (χ4n) is 4.19. The number of nitrogens with one attached hydrogen (secondary N) is 3. The lowest BCUT2D eigenvalue weighted by Crippen LogP contribution is -2.62. The average Bonchev–Trinajstić information content (AvgIpc) is 2.45. The molecule has 0 bridgehead atoms. The SMILES string of the molecule is Cc1cccc(C(C)C)c1NC(=O)C(=O)NC1CC(C)(C)NC(C)(C)C1. The standard InChI is InChI=1S/C21H33N3O2/c1-13(2)16-10-8-9-14(3)17(16)23-19(26)18(25)22-15-11-20(4,5)24-21(6,7)12-15/h8-10,13,15,24H,11-12H2,1-7H3,(H,22,25)(H,23,26). The molecule has 5 heteroatoms. The van der Waals surface area contributed by atoms with Crippen molar-refractivity contribution in [3.63, 3.8) is 0 Å². The van der Waals surface area contributed by atoms with Crippen molar-refractivity contribution in [1.82, 2.24) is 10.6 Å². The summed E-state index contributed by atoms with van der Waals surface area (Å²) >= 11 is 0. The monoisotopic (exact) mass is 359 g/mol. The molecule has 144 valence electrons. The molecular weight excluding hydrogens is 326 g/mol. The summed E-state index contributed by atoms with van der Waals surface area (Å²) in [6.07, 6.45) is 1.58. The van der Waals surface area contributed by atoms with Gasteiger partial charge in [0.2, 0.25) is 0 Å². The lowest BCUT2D eigenvalue weighted by Gasteiger charge is -2.46. The van der Waals surface area contributed by atoms with Gasteiger partial charge in [0, 0.05) is 22.8 Å². The van der Waals surface area contributed by atoms with Crippen molar-refractivity contribution in [1.29, 1.82) is 0 Å². The van der Waals surface area contributed by atoms with E-state index in [-0.39, 0.29) is 23.0 Å².